The van der Waals surface area contributed by atoms with E-state index in [4.69, 9.17) is 4.74 Å². The molecule has 1 aliphatic heterocycles. The lowest BCUT2D eigenvalue weighted by Gasteiger charge is -2.32. The molecule has 0 atom stereocenters. The number of methoxy groups -OCH3 is 1. The Morgan fingerprint density at radius 3 is 2.61 bits per heavy atom. The zero-order chi connectivity index (χ0) is 21.4. The summed E-state index contributed by atoms with van der Waals surface area (Å²) in [6.07, 6.45) is 7.65. The van der Waals surface area contributed by atoms with Gasteiger partial charge in [0.15, 0.2) is 0 Å². The molecule has 31 heavy (non-hydrogen) atoms. The summed E-state index contributed by atoms with van der Waals surface area (Å²) in [5.41, 5.74) is 4.08. The number of halogens is 1. The first-order valence-electron chi connectivity index (χ1n) is 10.4. The molecule has 3 heterocycles. The first-order valence-corrected chi connectivity index (χ1v) is 11.2. The number of aromatic amines is 1. The quantitative estimate of drug-likeness (QED) is 0.441. The number of carbonyl (C=O) groups excluding carboxylic acids is 1. The smallest absolute Gasteiger partial charge is 0.253 e. The van der Waals surface area contributed by atoms with Crippen molar-refractivity contribution in [1.29, 1.82) is 0 Å². The predicted octanol–water partition coefficient (Wildman–Crippen LogP) is 5.14. The van der Waals surface area contributed by atoms with E-state index in [9.17, 15) is 4.79 Å². The Balaban J connectivity index is 1.27. The monoisotopic (exact) mass is 478 g/mol. The zero-order valence-corrected chi connectivity index (χ0v) is 18.8. The van der Waals surface area contributed by atoms with Crippen LogP contribution in [0.4, 0.5) is 0 Å². The van der Waals surface area contributed by atoms with Crippen LogP contribution in [0, 0.1) is 0 Å². The minimum Gasteiger partial charge on any atom is -0.497 e. The fraction of sp³-hybridized carbons (Fsp3) is 0.250. The topological polar surface area (TPSA) is 63.1 Å². The predicted molar refractivity (Wildman–Crippen MR) is 124 cm³/mol. The van der Waals surface area contributed by atoms with Crippen LogP contribution in [0.15, 0.2) is 65.5 Å². The zero-order valence-electron chi connectivity index (χ0n) is 17.2. The van der Waals surface area contributed by atoms with E-state index in [0.717, 1.165) is 47.4 Å². The maximum atomic E-state index is 13.0. The van der Waals surface area contributed by atoms with Gasteiger partial charge in [0.05, 0.1) is 23.5 Å². The Hall–Kier alpha value is -3.06. The van der Waals surface area contributed by atoms with Crippen molar-refractivity contribution in [3.8, 4) is 11.4 Å². The normalized spacial score (nSPS) is 14.8. The van der Waals surface area contributed by atoms with Crippen LogP contribution in [0.5, 0.6) is 5.75 Å². The van der Waals surface area contributed by atoms with E-state index in [1.165, 1.54) is 10.9 Å². The largest absolute Gasteiger partial charge is 0.497 e. The highest BCUT2D eigenvalue weighted by Crippen LogP contribution is 2.35. The Labute approximate surface area is 188 Å². The van der Waals surface area contributed by atoms with Crippen molar-refractivity contribution >= 4 is 32.7 Å². The molecule has 0 saturated carbocycles. The highest BCUT2D eigenvalue weighted by molar-refractivity contribution is 9.10. The molecule has 1 aliphatic rings. The van der Waals surface area contributed by atoms with E-state index in [1.807, 2.05) is 41.4 Å². The van der Waals surface area contributed by atoms with Crippen LogP contribution >= 0.6 is 15.9 Å². The lowest BCUT2D eigenvalue weighted by Crippen LogP contribution is -2.37. The van der Waals surface area contributed by atoms with E-state index in [-0.39, 0.29) is 5.91 Å². The third kappa shape index (κ3) is 3.85. The van der Waals surface area contributed by atoms with E-state index < -0.39 is 0 Å². The summed E-state index contributed by atoms with van der Waals surface area (Å²) in [6.45, 7) is 1.52. The van der Waals surface area contributed by atoms with E-state index in [2.05, 4.69) is 44.3 Å². The number of ether oxygens (including phenoxy) is 1. The number of amides is 1. The second-order valence-electron chi connectivity index (χ2n) is 7.87. The van der Waals surface area contributed by atoms with Gasteiger partial charge in [0.1, 0.15) is 5.75 Å². The number of aromatic nitrogens is 3. The van der Waals surface area contributed by atoms with Crippen LogP contribution in [-0.4, -0.2) is 45.8 Å². The third-order valence-corrected chi connectivity index (χ3v) is 6.48. The summed E-state index contributed by atoms with van der Waals surface area (Å²) < 4.78 is 8.09. The minimum absolute atomic E-state index is 0.0900. The number of carbonyl (C=O) groups is 1. The molecule has 1 N–H and O–H groups in total. The first-order chi connectivity index (χ1) is 15.1. The lowest BCUT2D eigenvalue weighted by atomic mass is 9.89. The second kappa shape index (κ2) is 8.23. The second-order valence-corrected chi connectivity index (χ2v) is 8.79. The van der Waals surface area contributed by atoms with Gasteiger partial charge in [-0.1, -0.05) is 0 Å². The number of fused-ring (bicyclic) bond motifs is 1. The number of piperidine rings is 1. The number of nitrogens with one attached hydrogen (secondary N) is 1. The minimum atomic E-state index is 0.0900. The molecule has 2 aromatic heterocycles. The molecule has 1 fully saturated rings. The van der Waals surface area contributed by atoms with Gasteiger partial charge in [-0.2, -0.15) is 5.10 Å². The maximum absolute atomic E-state index is 13.0. The van der Waals surface area contributed by atoms with Gasteiger partial charge in [-0.3, -0.25) is 4.79 Å². The molecule has 1 amide bonds. The van der Waals surface area contributed by atoms with Gasteiger partial charge in [-0.05, 0) is 82.7 Å². The number of H-pyrrole nitrogens is 1. The van der Waals surface area contributed by atoms with Crippen molar-refractivity contribution in [2.24, 2.45) is 0 Å². The van der Waals surface area contributed by atoms with Crippen LogP contribution in [0.1, 0.15) is 34.7 Å². The Morgan fingerprint density at radius 2 is 1.94 bits per heavy atom. The van der Waals surface area contributed by atoms with Crippen molar-refractivity contribution in [1.82, 2.24) is 19.7 Å². The number of nitrogens with zero attached hydrogens (tertiary/aromatic N) is 3. The van der Waals surface area contributed by atoms with Gasteiger partial charge in [-0.25, -0.2) is 4.68 Å². The Bertz CT molecular complexity index is 1220. The highest BCUT2D eigenvalue weighted by atomic mass is 79.9. The average Bonchev–Trinajstić information content (AvgIpc) is 3.44. The van der Waals surface area contributed by atoms with Crippen LogP contribution < -0.4 is 4.74 Å². The highest BCUT2D eigenvalue weighted by Gasteiger charge is 2.26. The standard InChI is InChI=1S/C24H23BrN4O2/c1-31-20-6-7-23-21(12-20)22(14-26-23)16-8-10-28(11-9-16)24(30)17-2-4-19(5-3-17)29-15-18(25)13-27-29/h2-7,12-16,26H,8-11H2,1H3. The molecule has 7 heteroatoms. The summed E-state index contributed by atoms with van der Waals surface area (Å²) in [5, 5.41) is 5.49. The average molecular weight is 479 g/mol. The summed E-state index contributed by atoms with van der Waals surface area (Å²) in [4.78, 5) is 18.3. The van der Waals surface area contributed by atoms with Crippen molar-refractivity contribution < 1.29 is 9.53 Å². The fourth-order valence-electron chi connectivity index (χ4n) is 4.36. The van der Waals surface area contributed by atoms with Crippen molar-refractivity contribution in [3.05, 3.63) is 76.7 Å². The molecule has 1 saturated heterocycles. The Kier molecular flexibility index (Phi) is 5.28. The lowest BCUT2D eigenvalue weighted by molar-refractivity contribution is 0.0713. The van der Waals surface area contributed by atoms with Crippen molar-refractivity contribution in [2.45, 2.75) is 18.8 Å². The molecular weight excluding hydrogens is 456 g/mol. The van der Waals surface area contributed by atoms with E-state index in [1.54, 1.807) is 18.0 Å². The third-order valence-electron chi connectivity index (χ3n) is 6.07. The molecule has 0 unspecified atom stereocenters. The first kappa shape index (κ1) is 19.9. The van der Waals surface area contributed by atoms with Crippen LogP contribution in [0.25, 0.3) is 16.6 Å². The summed E-state index contributed by atoms with van der Waals surface area (Å²) in [6, 6.07) is 13.7. The Morgan fingerprint density at radius 1 is 1.16 bits per heavy atom. The molecule has 0 aliphatic carbocycles. The van der Waals surface area contributed by atoms with E-state index >= 15 is 0 Å². The van der Waals surface area contributed by atoms with Gasteiger partial charge in [-0.15, -0.1) is 0 Å². The molecule has 4 aromatic rings. The van der Waals surface area contributed by atoms with Gasteiger partial charge in [0.25, 0.3) is 5.91 Å². The van der Waals surface area contributed by atoms with Crippen molar-refractivity contribution in [3.63, 3.8) is 0 Å². The van der Waals surface area contributed by atoms with Gasteiger partial charge in [0, 0.05) is 41.9 Å². The number of benzene rings is 2. The SMILES string of the molecule is COc1ccc2[nH]cc(C3CCN(C(=O)c4ccc(-n5cc(Br)cn5)cc4)CC3)c2c1. The molecule has 0 spiro atoms. The number of likely N-dealkylation sites (tertiary alicyclic amines) is 1. The molecule has 2 aromatic carbocycles. The fourth-order valence-corrected chi connectivity index (χ4v) is 4.65. The molecule has 158 valence electrons. The summed E-state index contributed by atoms with van der Waals surface area (Å²) in [5.74, 6) is 1.39. The van der Waals surface area contributed by atoms with Gasteiger partial charge < -0.3 is 14.6 Å². The molecule has 5 rings (SSSR count). The van der Waals surface area contributed by atoms with Crippen LogP contribution in [0.3, 0.4) is 0 Å². The van der Waals surface area contributed by atoms with Crippen LogP contribution in [-0.2, 0) is 0 Å². The van der Waals surface area contributed by atoms with Gasteiger partial charge >= 0.3 is 0 Å². The molecule has 0 bridgehead atoms. The van der Waals surface area contributed by atoms with Crippen molar-refractivity contribution in [2.75, 3.05) is 20.2 Å². The molecular formula is C24H23BrN4O2. The maximum Gasteiger partial charge on any atom is 0.253 e. The summed E-state index contributed by atoms with van der Waals surface area (Å²) in [7, 11) is 1.69. The molecule has 6 nitrogen and oxygen atoms in total. The van der Waals surface area contributed by atoms with Crippen LogP contribution in [0.2, 0.25) is 0 Å². The number of rotatable bonds is 4. The molecule has 0 radical (unpaired) electrons. The summed E-state index contributed by atoms with van der Waals surface area (Å²) >= 11 is 3.41. The number of hydrogen-bond acceptors (Lipinski definition) is 3. The van der Waals surface area contributed by atoms with Gasteiger partial charge in [0.2, 0.25) is 0 Å². The van der Waals surface area contributed by atoms with E-state index in [0.29, 0.717) is 11.5 Å². The number of hydrogen-bond donors (Lipinski definition) is 1.